The standard InChI is InChI=1S/C30H19ClN2O4/c1-33-28-26(19-11-6-3-7-12-19)24(37-30(28)35)16-21-14-8-13-20(27(21)31)15-23-25(18-9-4-2-5-10-18)22(17-32)29(34)36-23/h2-7,9-12,15-16,35H,8,13-14H2/p-1/b21-16+,23-15-. The number of halogens is 1. The maximum atomic E-state index is 12.4. The minimum atomic E-state index is -0.700. The number of hydrogen-bond acceptors (Lipinski definition) is 5. The van der Waals surface area contributed by atoms with Crippen LogP contribution in [0.5, 0.6) is 5.95 Å². The Bertz CT molecular complexity index is 1610. The fraction of sp³-hybridized carbons (Fsp3) is 0.100. The molecule has 2 heterocycles. The maximum absolute atomic E-state index is 12.4. The number of hydrogen-bond donors (Lipinski definition) is 0. The van der Waals surface area contributed by atoms with E-state index in [4.69, 9.17) is 27.3 Å². The zero-order valence-electron chi connectivity index (χ0n) is 19.5. The number of rotatable bonds is 4. The van der Waals surface area contributed by atoms with E-state index < -0.39 is 11.9 Å². The fourth-order valence-electron chi connectivity index (χ4n) is 4.51. The molecule has 6 nitrogen and oxygen atoms in total. The quantitative estimate of drug-likeness (QED) is 0.280. The lowest BCUT2D eigenvalue weighted by molar-refractivity contribution is -0.292. The van der Waals surface area contributed by atoms with E-state index in [1.165, 1.54) is 0 Å². The number of cyclic esters (lactones) is 1. The molecule has 0 N–H and O–H groups in total. The van der Waals surface area contributed by atoms with Gasteiger partial charge in [-0.25, -0.2) is 9.64 Å². The average molecular weight is 506 g/mol. The third-order valence-corrected chi connectivity index (χ3v) is 6.68. The molecule has 1 aliphatic heterocycles. The predicted molar refractivity (Wildman–Crippen MR) is 138 cm³/mol. The van der Waals surface area contributed by atoms with Crippen LogP contribution in [-0.2, 0) is 9.53 Å². The van der Waals surface area contributed by atoms with Gasteiger partial charge in [-0.1, -0.05) is 72.3 Å². The van der Waals surface area contributed by atoms with E-state index in [0.717, 1.165) is 17.6 Å². The summed E-state index contributed by atoms with van der Waals surface area (Å²) in [5, 5.41) is 22.4. The van der Waals surface area contributed by atoms with Gasteiger partial charge in [-0.05, 0) is 53.7 Å². The van der Waals surface area contributed by atoms with Crippen molar-refractivity contribution in [1.82, 2.24) is 0 Å². The van der Waals surface area contributed by atoms with Gasteiger partial charge in [-0.2, -0.15) is 5.26 Å². The van der Waals surface area contributed by atoms with Gasteiger partial charge in [0.1, 0.15) is 17.4 Å². The van der Waals surface area contributed by atoms with Crippen molar-refractivity contribution in [2.24, 2.45) is 0 Å². The van der Waals surface area contributed by atoms with Crippen LogP contribution in [0.15, 0.2) is 98.7 Å². The van der Waals surface area contributed by atoms with Gasteiger partial charge in [0, 0.05) is 21.9 Å². The van der Waals surface area contributed by atoms with E-state index in [2.05, 4.69) is 4.85 Å². The lowest BCUT2D eigenvalue weighted by Gasteiger charge is -2.18. The lowest BCUT2D eigenvalue weighted by Crippen LogP contribution is -2.00. The Morgan fingerprint density at radius 3 is 2.35 bits per heavy atom. The first-order valence-electron chi connectivity index (χ1n) is 11.5. The number of furan rings is 1. The summed E-state index contributed by atoms with van der Waals surface area (Å²) in [5.41, 5.74) is 3.58. The summed E-state index contributed by atoms with van der Waals surface area (Å²) in [5.74, 6) is -0.859. The molecule has 0 bridgehead atoms. The van der Waals surface area contributed by atoms with Crippen molar-refractivity contribution < 1.29 is 19.1 Å². The van der Waals surface area contributed by atoms with Crippen molar-refractivity contribution >= 4 is 34.9 Å². The van der Waals surface area contributed by atoms with Gasteiger partial charge in [0.15, 0.2) is 0 Å². The SMILES string of the molecule is [C-]#[N+]c1c([O-])oc(/C=C2\CCCC(/C=C3\OC(=O)C(C#N)=C3c3ccccc3)=C2Cl)c1-c1ccccc1. The highest BCUT2D eigenvalue weighted by atomic mass is 35.5. The number of allylic oxidation sites excluding steroid dienone is 5. The molecule has 0 unspecified atom stereocenters. The van der Waals surface area contributed by atoms with Crippen LogP contribution in [0.2, 0.25) is 0 Å². The van der Waals surface area contributed by atoms with E-state index in [1.807, 2.05) is 66.7 Å². The molecule has 0 atom stereocenters. The molecular weight excluding hydrogens is 488 g/mol. The highest BCUT2D eigenvalue weighted by Crippen LogP contribution is 2.45. The second kappa shape index (κ2) is 10.1. The van der Waals surface area contributed by atoms with Gasteiger partial charge in [0.05, 0.1) is 12.5 Å². The van der Waals surface area contributed by atoms with Crippen LogP contribution in [0.25, 0.3) is 27.6 Å². The van der Waals surface area contributed by atoms with Crippen LogP contribution in [0.4, 0.5) is 5.69 Å². The highest BCUT2D eigenvalue weighted by molar-refractivity contribution is 6.33. The second-order valence-corrected chi connectivity index (χ2v) is 8.82. The molecule has 37 heavy (non-hydrogen) atoms. The molecule has 2 aliphatic rings. The molecule has 5 rings (SSSR count). The van der Waals surface area contributed by atoms with Crippen molar-refractivity contribution in [2.45, 2.75) is 19.3 Å². The van der Waals surface area contributed by atoms with Crippen LogP contribution in [0.1, 0.15) is 30.6 Å². The molecule has 0 radical (unpaired) electrons. The van der Waals surface area contributed by atoms with Gasteiger partial charge in [0.2, 0.25) is 5.69 Å². The summed E-state index contributed by atoms with van der Waals surface area (Å²) in [6.45, 7) is 7.48. The Kier molecular flexibility index (Phi) is 6.51. The zero-order valence-corrected chi connectivity index (χ0v) is 20.2. The average Bonchev–Trinajstić information content (AvgIpc) is 3.41. The Morgan fingerprint density at radius 2 is 1.70 bits per heavy atom. The number of nitriles is 1. The third kappa shape index (κ3) is 4.47. The molecule has 0 saturated carbocycles. The molecule has 0 fully saturated rings. The molecule has 0 amide bonds. The number of carbonyl (C=O) groups is 1. The van der Waals surface area contributed by atoms with Crippen LogP contribution in [0.3, 0.4) is 0 Å². The van der Waals surface area contributed by atoms with Gasteiger partial charge < -0.3 is 14.3 Å². The second-order valence-electron chi connectivity index (χ2n) is 8.44. The molecule has 2 aromatic carbocycles. The lowest BCUT2D eigenvalue weighted by atomic mass is 9.91. The first-order chi connectivity index (χ1) is 18.0. The number of ether oxygens (including phenoxy) is 1. The summed E-state index contributed by atoms with van der Waals surface area (Å²) in [7, 11) is 0. The zero-order chi connectivity index (χ0) is 25.9. The minimum Gasteiger partial charge on any atom is -0.590 e. The largest absolute Gasteiger partial charge is 0.590 e. The van der Waals surface area contributed by atoms with Crippen LogP contribution in [0, 0.1) is 17.9 Å². The minimum absolute atomic E-state index is 0.0570. The molecule has 180 valence electrons. The normalized spacial score (nSPS) is 17.8. The summed E-state index contributed by atoms with van der Waals surface area (Å²) < 4.78 is 10.9. The summed E-state index contributed by atoms with van der Waals surface area (Å²) >= 11 is 6.82. The van der Waals surface area contributed by atoms with Gasteiger partial charge >= 0.3 is 5.97 Å². The molecule has 0 spiro atoms. The van der Waals surface area contributed by atoms with Crippen molar-refractivity contribution in [3.8, 4) is 23.1 Å². The van der Waals surface area contributed by atoms with Crippen molar-refractivity contribution in [3.05, 3.63) is 117 Å². The van der Waals surface area contributed by atoms with Gasteiger partial charge in [-0.15, -0.1) is 0 Å². The molecule has 7 heteroatoms. The third-order valence-electron chi connectivity index (χ3n) is 6.20. The first-order valence-corrected chi connectivity index (χ1v) is 11.9. The molecule has 3 aromatic rings. The Hall–Kier alpha value is -4.78. The Balaban J connectivity index is 1.60. The van der Waals surface area contributed by atoms with E-state index in [0.29, 0.717) is 40.1 Å². The van der Waals surface area contributed by atoms with Crippen LogP contribution < -0.4 is 5.11 Å². The van der Waals surface area contributed by atoms with E-state index >= 15 is 0 Å². The molecule has 0 saturated heterocycles. The predicted octanol–water partition coefficient (Wildman–Crippen LogP) is 7.05. The van der Waals surface area contributed by atoms with Gasteiger partial charge in [0.25, 0.3) is 0 Å². The Labute approximate surface area is 218 Å². The summed E-state index contributed by atoms with van der Waals surface area (Å²) in [6, 6.07) is 20.2. The number of nitrogens with zero attached hydrogens (tertiary/aromatic N) is 2. The van der Waals surface area contributed by atoms with Gasteiger partial charge in [-0.3, -0.25) is 0 Å². The van der Waals surface area contributed by atoms with Crippen molar-refractivity contribution in [3.63, 3.8) is 0 Å². The fourth-order valence-corrected chi connectivity index (χ4v) is 4.81. The number of benzene rings is 2. The van der Waals surface area contributed by atoms with E-state index in [-0.39, 0.29) is 22.8 Å². The highest BCUT2D eigenvalue weighted by Gasteiger charge is 2.31. The smallest absolute Gasteiger partial charge is 0.355 e. The Morgan fingerprint density at radius 1 is 1.03 bits per heavy atom. The van der Waals surface area contributed by atoms with Crippen LogP contribution >= 0.6 is 11.6 Å². The van der Waals surface area contributed by atoms with Crippen molar-refractivity contribution in [1.29, 1.82) is 5.26 Å². The molecule has 1 aliphatic carbocycles. The van der Waals surface area contributed by atoms with E-state index in [1.54, 1.807) is 12.2 Å². The monoisotopic (exact) mass is 505 g/mol. The topological polar surface area (TPSA) is 90.7 Å². The number of carbonyl (C=O) groups excluding carboxylic acids is 1. The van der Waals surface area contributed by atoms with E-state index in [9.17, 15) is 15.2 Å². The molecular formula is C30H18ClN2O4-. The summed E-state index contributed by atoms with van der Waals surface area (Å²) in [6.07, 6.45) is 5.42. The maximum Gasteiger partial charge on any atom is 0.355 e. The number of esters is 1. The van der Waals surface area contributed by atoms with Crippen LogP contribution in [-0.4, -0.2) is 5.97 Å². The van der Waals surface area contributed by atoms with Crippen molar-refractivity contribution in [2.75, 3.05) is 0 Å². The first kappa shape index (κ1) is 23.9. The molecule has 1 aromatic heterocycles. The summed E-state index contributed by atoms with van der Waals surface area (Å²) in [4.78, 5) is 15.8.